The van der Waals surface area contributed by atoms with Crippen molar-refractivity contribution >= 4 is 17.4 Å². The third-order valence-corrected chi connectivity index (χ3v) is 4.78. The van der Waals surface area contributed by atoms with Crippen LogP contribution in [0.3, 0.4) is 0 Å². The summed E-state index contributed by atoms with van der Waals surface area (Å²) in [5.41, 5.74) is 5.42. The Morgan fingerprint density at radius 3 is 2.68 bits per heavy atom. The summed E-state index contributed by atoms with van der Waals surface area (Å²) >= 11 is 0. The van der Waals surface area contributed by atoms with E-state index in [1.165, 1.54) is 0 Å². The van der Waals surface area contributed by atoms with Crippen LogP contribution in [0, 0.1) is 11.8 Å². The molecule has 4 rings (SSSR count). The predicted molar refractivity (Wildman–Crippen MR) is 106 cm³/mol. The Balaban J connectivity index is 1.58. The third-order valence-electron chi connectivity index (χ3n) is 4.78. The van der Waals surface area contributed by atoms with Crippen LogP contribution in [0.15, 0.2) is 47.6 Å². The average Bonchev–Trinajstić information content (AvgIpc) is 2.70. The highest BCUT2D eigenvalue weighted by Gasteiger charge is 2.21. The molecule has 0 bridgehead atoms. The molecule has 2 aromatic carbocycles. The molecule has 0 saturated carbocycles. The van der Waals surface area contributed by atoms with Gasteiger partial charge in [-0.15, -0.1) is 4.91 Å². The van der Waals surface area contributed by atoms with E-state index in [0.717, 1.165) is 34.5 Å². The molecule has 140 valence electrons. The van der Waals surface area contributed by atoms with E-state index in [1.807, 2.05) is 6.07 Å². The molecule has 1 aliphatic rings. The number of aromatic hydroxyl groups is 1. The van der Waals surface area contributed by atoms with Gasteiger partial charge >= 0.3 is 0 Å². The van der Waals surface area contributed by atoms with E-state index < -0.39 is 0 Å². The lowest BCUT2D eigenvalue weighted by molar-refractivity contribution is -0.115. The maximum atomic E-state index is 12.4. The van der Waals surface area contributed by atoms with Gasteiger partial charge in [0, 0.05) is 5.56 Å². The standard InChI is InChI=1S/C21H18N4O3/c1-12-21(24-19(27)10-13-2-6-16(26)7-3-13)23-18-9-4-14-11-15(25-28)5-8-17(14)20(18)22-12/h2-3,5-8,11,26H,4,9-10H2,1H3,(H,23,24,27). The van der Waals surface area contributed by atoms with Crippen LogP contribution >= 0.6 is 0 Å². The summed E-state index contributed by atoms with van der Waals surface area (Å²) in [5.74, 6) is 0.426. The third kappa shape index (κ3) is 3.46. The van der Waals surface area contributed by atoms with Gasteiger partial charge in [-0.25, -0.2) is 9.97 Å². The van der Waals surface area contributed by atoms with E-state index in [9.17, 15) is 14.8 Å². The largest absolute Gasteiger partial charge is 0.508 e. The second-order valence-electron chi connectivity index (χ2n) is 6.78. The quantitative estimate of drug-likeness (QED) is 0.675. The van der Waals surface area contributed by atoms with Gasteiger partial charge in [0.1, 0.15) is 11.4 Å². The van der Waals surface area contributed by atoms with Crippen molar-refractivity contribution in [2.24, 2.45) is 5.18 Å². The molecule has 0 unspecified atom stereocenters. The van der Waals surface area contributed by atoms with E-state index in [2.05, 4.69) is 20.5 Å². The van der Waals surface area contributed by atoms with Crippen molar-refractivity contribution in [3.8, 4) is 17.0 Å². The Hall–Kier alpha value is -3.61. The first kappa shape index (κ1) is 17.8. The normalized spacial score (nSPS) is 12.0. The zero-order chi connectivity index (χ0) is 19.7. The topological polar surface area (TPSA) is 105 Å². The van der Waals surface area contributed by atoms with Gasteiger partial charge in [-0.2, -0.15) is 0 Å². The van der Waals surface area contributed by atoms with E-state index in [4.69, 9.17) is 0 Å². The predicted octanol–water partition coefficient (Wildman–Crippen LogP) is 3.84. The van der Waals surface area contributed by atoms with E-state index in [0.29, 0.717) is 23.6 Å². The number of hydrogen-bond acceptors (Lipinski definition) is 6. The fraction of sp³-hybridized carbons (Fsp3) is 0.190. The molecule has 0 radical (unpaired) electrons. The molecule has 7 heteroatoms. The first-order valence-corrected chi connectivity index (χ1v) is 8.95. The molecular weight excluding hydrogens is 356 g/mol. The fourth-order valence-corrected chi connectivity index (χ4v) is 3.37. The van der Waals surface area contributed by atoms with Crippen molar-refractivity contribution in [2.45, 2.75) is 26.2 Å². The van der Waals surface area contributed by atoms with E-state index in [1.54, 1.807) is 43.3 Å². The summed E-state index contributed by atoms with van der Waals surface area (Å²) in [6.07, 6.45) is 1.60. The van der Waals surface area contributed by atoms with Crippen LogP contribution in [0.5, 0.6) is 5.75 Å². The monoisotopic (exact) mass is 374 g/mol. The van der Waals surface area contributed by atoms with Crippen LogP contribution in [0.4, 0.5) is 11.5 Å². The molecule has 2 N–H and O–H groups in total. The zero-order valence-corrected chi connectivity index (χ0v) is 15.3. The molecule has 0 spiro atoms. The number of benzene rings is 2. The molecule has 7 nitrogen and oxygen atoms in total. The van der Waals surface area contributed by atoms with Gasteiger partial charge < -0.3 is 10.4 Å². The highest BCUT2D eigenvalue weighted by Crippen LogP contribution is 2.34. The van der Waals surface area contributed by atoms with Crippen molar-refractivity contribution in [3.63, 3.8) is 0 Å². The van der Waals surface area contributed by atoms with Crippen LogP contribution in [-0.4, -0.2) is 21.0 Å². The number of carbonyl (C=O) groups excluding carboxylic acids is 1. The molecule has 1 amide bonds. The summed E-state index contributed by atoms with van der Waals surface area (Å²) < 4.78 is 0. The van der Waals surface area contributed by atoms with Crippen LogP contribution < -0.4 is 5.32 Å². The van der Waals surface area contributed by atoms with Crippen molar-refractivity contribution in [3.05, 3.63) is 69.9 Å². The summed E-state index contributed by atoms with van der Waals surface area (Å²) in [4.78, 5) is 32.4. The molecular formula is C21H18N4O3. The van der Waals surface area contributed by atoms with Crippen molar-refractivity contribution in [2.75, 3.05) is 5.32 Å². The number of nitrogens with one attached hydrogen (secondary N) is 1. The van der Waals surface area contributed by atoms with E-state index >= 15 is 0 Å². The Bertz CT molecular complexity index is 1080. The first-order valence-electron chi connectivity index (χ1n) is 8.95. The summed E-state index contributed by atoms with van der Waals surface area (Å²) in [6, 6.07) is 11.8. The van der Waals surface area contributed by atoms with Gasteiger partial charge in [0.25, 0.3) is 0 Å². The van der Waals surface area contributed by atoms with Gasteiger partial charge in [0.05, 0.1) is 23.5 Å². The lowest BCUT2D eigenvalue weighted by atomic mass is 9.91. The Morgan fingerprint density at radius 2 is 1.93 bits per heavy atom. The molecule has 28 heavy (non-hydrogen) atoms. The van der Waals surface area contributed by atoms with Crippen molar-refractivity contribution in [1.82, 2.24) is 9.97 Å². The highest BCUT2D eigenvalue weighted by atomic mass is 16.3. The summed E-state index contributed by atoms with van der Waals surface area (Å²) in [5, 5.41) is 15.2. The number of anilines is 1. The molecule has 1 aromatic heterocycles. The minimum Gasteiger partial charge on any atom is -0.508 e. The van der Waals surface area contributed by atoms with Crippen LogP contribution in [-0.2, 0) is 24.1 Å². The Morgan fingerprint density at radius 1 is 1.14 bits per heavy atom. The number of nitroso groups, excluding NO2 is 1. The maximum absolute atomic E-state index is 12.4. The first-order chi connectivity index (χ1) is 13.5. The van der Waals surface area contributed by atoms with Crippen LogP contribution in [0.25, 0.3) is 11.3 Å². The number of carbonyl (C=O) groups is 1. The van der Waals surface area contributed by atoms with Crippen molar-refractivity contribution < 1.29 is 9.90 Å². The number of hydrogen-bond donors (Lipinski definition) is 2. The average molecular weight is 374 g/mol. The Kier molecular flexibility index (Phi) is 4.57. The molecule has 0 fully saturated rings. The molecule has 3 aromatic rings. The zero-order valence-electron chi connectivity index (χ0n) is 15.3. The Labute approximate surface area is 161 Å². The van der Waals surface area contributed by atoms with Gasteiger partial charge in [-0.3, -0.25) is 4.79 Å². The second-order valence-corrected chi connectivity index (χ2v) is 6.78. The lowest BCUT2D eigenvalue weighted by Crippen LogP contribution is -2.19. The SMILES string of the molecule is Cc1nc2c(nc1NC(=O)Cc1ccc(O)cc1)CCc1cc(N=O)ccc1-2. The van der Waals surface area contributed by atoms with Crippen molar-refractivity contribution in [1.29, 1.82) is 0 Å². The number of aromatic nitrogens is 2. The number of nitrogens with zero attached hydrogens (tertiary/aromatic N) is 3. The number of amides is 1. The number of fused-ring (bicyclic) bond motifs is 3. The lowest BCUT2D eigenvalue weighted by Gasteiger charge is -2.20. The van der Waals surface area contributed by atoms with E-state index in [-0.39, 0.29) is 18.1 Å². The molecule has 0 atom stereocenters. The fourth-order valence-electron chi connectivity index (χ4n) is 3.37. The number of rotatable bonds is 4. The minimum absolute atomic E-state index is 0.164. The number of aryl methyl sites for hydroxylation is 3. The smallest absolute Gasteiger partial charge is 0.229 e. The van der Waals surface area contributed by atoms with Gasteiger partial charge in [0.15, 0.2) is 5.82 Å². The molecule has 1 heterocycles. The second kappa shape index (κ2) is 7.19. The van der Waals surface area contributed by atoms with Gasteiger partial charge in [-0.1, -0.05) is 18.2 Å². The molecule has 0 aliphatic heterocycles. The van der Waals surface area contributed by atoms with Gasteiger partial charge in [0.2, 0.25) is 5.91 Å². The van der Waals surface area contributed by atoms with Crippen LogP contribution in [0.1, 0.15) is 22.5 Å². The highest BCUT2D eigenvalue weighted by molar-refractivity contribution is 5.92. The summed E-state index contributed by atoms with van der Waals surface area (Å²) in [6.45, 7) is 1.80. The number of phenols is 1. The van der Waals surface area contributed by atoms with Crippen LogP contribution in [0.2, 0.25) is 0 Å². The minimum atomic E-state index is -0.194. The maximum Gasteiger partial charge on any atom is 0.229 e. The van der Waals surface area contributed by atoms with Gasteiger partial charge in [-0.05, 0) is 60.3 Å². The number of phenolic OH excluding ortho intramolecular Hbond substituents is 1. The molecule has 0 saturated heterocycles. The molecule has 1 aliphatic carbocycles. The summed E-state index contributed by atoms with van der Waals surface area (Å²) in [7, 11) is 0.